The lowest BCUT2D eigenvalue weighted by molar-refractivity contribution is 0.0524. The zero-order valence-corrected chi connectivity index (χ0v) is 12.7. The zero-order valence-electron chi connectivity index (χ0n) is 11.8. The Kier molecular flexibility index (Phi) is 4.39. The number of nitrogens with zero attached hydrogens (tertiary/aromatic N) is 1. The Morgan fingerprint density at radius 2 is 2.00 bits per heavy atom. The van der Waals surface area contributed by atoms with Crippen LogP contribution >= 0.6 is 11.3 Å². The minimum atomic E-state index is -0.479. The van der Waals surface area contributed by atoms with Gasteiger partial charge in [0.05, 0.1) is 6.54 Å². The monoisotopic (exact) mass is 290 g/mol. The molecule has 0 aliphatic heterocycles. The first kappa shape index (κ1) is 14.5. The summed E-state index contributed by atoms with van der Waals surface area (Å²) >= 11 is 1.56. The average molecular weight is 290 g/mol. The number of benzene rings is 1. The number of hydrogen-bond acceptors (Lipinski definition) is 4. The number of carbonyl (C=O) groups is 1. The molecule has 0 atom stereocenters. The van der Waals surface area contributed by atoms with Crippen LogP contribution in [0.1, 0.15) is 25.6 Å². The minimum Gasteiger partial charge on any atom is -0.444 e. The molecule has 1 N–H and O–H groups in total. The van der Waals surface area contributed by atoms with Gasteiger partial charge in [-0.2, -0.15) is 0 Å². The Bertz CT molecular complexity index is 573. The molecule has 0 unspecified atom stereocenters. The van der Waals surface area contributed by atoms with E-state index in [1.165, 1.54) is 0 Å². The van der Waals surface area contributed by atoms with Crippen molar-refractivity contribution in [3.05, 3.63) is 41.4 Å². The van der Waals surface area contributed by atoms with Crippen LogP contribution in [0.5, 0.6) is 0 Å². The lowest BCUT2D eigenvalue weighted by atomic mass is 10.2. The van der Waals surface area contributed by atoms with Crippen molar-refractivity contribution in [2.24, 2.45) is 0 Å². The third-order valence-electron chi connectivity index (χ3n) is 2.38. The van der Waals surface area contributed by atoms with Crippen molar-refractivity contribution in [1.29, 1.82) is 0 Å². The summed E-state index contributed by atoms with van der Waals surface area (Å²) in [5.41, 5.74) is 0.605. The molecule has 0 spiro atoms. The van der Waals surface area contributed by atoms with Gasteiger partial charge in [0.1, 0.15) is 10.6 Å². The maximum Gasteiger partial charge on any atom is 0.407 e. The largest absolute Gasteiger partial charge is 0.444 e. The second-order valence-electron chi connectivity index (χ2n) is 5.35. The fourth-order valence-electron chi connectivity index (χ4n) is 1.58. The predicted octanol–water partition coefficient (Wildman–Crippen LogP) is 3.83. The molecule has 2 aromatic rings. The van der Waals surface area contributed by atoms with Crippen LogP contribution in [0.2, 0.25) is 0 Å². The van der Waals surface area contributed by atoms with E-state index < -0.39 is 11.7 Å². The normalized spacial score (nSPS) is 11.2. The molecule has 0 aliphatic carbocycles. The molecular weight excluding hydrogens is 272 g/mol. The molecule has 1 aromatic heterocycles. The van der Waals surface area contributed by atoms with E-state index in [9.17, 15) is 4.79 Å². The molecule has 20 heavy (non-hydrogen) atoms. The Morgan fingerprint density at radius 3 is 2.65 bits per heavy atom. The highest BCUT2D eigenvalue weighted by atomic mass is 32.1. The lowest BCUT2D eigenvalue weighted by Crippen LogP contribution is -2.31. The van der Waals surface area contributed by atoms with Gasteiger partial charge < -0.3 is 10.1 Å². The Labute approximate surface area is 122 Å². The van der Waals surface area contributed by atoms with Crippen LogP contribution in [0.4, 0.5) is 4.79 Å². The third kappa shape index (κ3) is 4.35. The molecule has 1 amide bonds. The van der Waals surface area contributed by atoms with Gasteiger partial charge in [0.15, 0.2) is 0 Å². The van der Waals surface area contributed by atoms with Crippen molar-refractivity contribution in [3.8, 4) is 10.6 Å². The van der Waals surface area contributed by atoms with Gasteiger partial charge in [-0.15, -0.1) is 11.3 Å². The van der Waals surface area contributed by atoms with E-state index in [1.54, 1.807) is 17.5 Å². The summed E-state index contributed by atoms with van der Waals surface area (Å²) in [5, 5.41) is 3.68. The van der Waals surface area contributed by atoms with E-state index in [1.807, 2.05) is 51.1 Å². The fraction of sp³-hybridized carbons (Fsp3) is 0.333. The van der Waals surface area contributed by atoms with Crippen LogP contribution in [0.25, 0.3) is 10.6 Å². The quantitative estimate of drug-likeness (QED) is 0.934. The van der Waals surface area contributed by atoms with Gasteiger partial charge in [-0.1, -0.05) is 30.3 Å². The molecule has 106 valence electrons. The molecule has 0 fully saturated rings. The zero-order chi connectivity index (χ0) is 14.6. The molecule has 1 heterocycles. The smallest absolute Gasteiger partial charge is 0.407 e. The van der Waals surface area contributed by atoms with Gasteiger partial charge in [-0.25, -0.2) is 9.78 Å². The maximum absolute atomic E-state index is 11.6. The highest BCUT2D eigenvalue weighted by Crippen LogP contribution is 2.24. The summed E-state index contributed by atoms with van der Waals surface area (Å²) in [7, 11) is 0. The molecule has 4 nitrogen and oxygen atoms in total. The number of amides is 1. The van der Waals surface area contributed by atoms with Crippen molar-refractivity contribution in [2.45, 2.75) is 32.9 Å². The van der Waals surface area contributed by atoms with E-state index in [2.05, 4.69) is 10.3 Å². The summed E-state index contributed by atoms with van der Waals surface area (Å²) in [6.45, 7) is 5.95. The first-order valence-electron chi connectivity index (χ1n) is 6.41. The predicted molar refractivity (Wildman–Crippen MR) is 80.6 cm³/mol. The molecule has 0 bridgehead atoms. The maximum atomic E-state index is 11.6. The minimum absolute atomic E-state index is 0.410. The average Bonchev–Trinajstić information content (AvgIpc) is 2.84. The second-order valence-corrected chi connectivity index (χ2v) is 6.47. The number of thiazole rings is 1. The fourth-order valence-corrected chi connectivity index (χ4v) is 2.43. The van der Waals surface area contributed by atoms with Crippen molar-refractivity contribution in [1.82, 2.24) is 10.3 Å². The summed E-state index contributed by atoms with van der Waals surface area (Å²) in [5.74, 6) is 0. The Morgan fingerprint density at radius 1 is 1.30 bits per heavy atom. The number of ether oxygens (including phenoxy) is 1. The van der Waals surface area contributed by atoms with E-state index in [4.69, 9.17) is 4.74 Å². The Hall–Kier alpha value is -1.88. The SMILES string of the molecule is CC(C)(C)OC(=O)NCc1cnc(-c2ccccc2)s1. The number of aromatic nitrogens is 1. The molecule has 0 saturated carbocycles. The van der Waals surface area contributed by atoms with Crippen LogP contribution < -0.4 is 5.32 Å². The van der Waals surface area contributed by atoms with Gasteiger partial charge in [0, 0.05) is 16.6 Å². The summed E-state index contributed by atoms with van der Waals surface area (Å²) in [6, 6.07) is 9.97. The highest BCUT2D eigenvalue weighted by molar-refractivity contribution is 7.15. The number of hydrogen-bond donors (Lipinski definition) is 1. The summed E-state index contributed by atoms with van der Waals surface area (Å²) in [4.78, 5) is 16.9. The van der Waals surface area contributed by atoms with E-state index in [0.29, 0.717) is 6.54 Å². The number of alkyl carbamates (subject to hydrolysis) is 1. The lowest BCUT2D eigenvalue weighted by Gasteiger charge is -2.19. The third-order valence-corrected chi connectivity index (χ3v) is 3.43. The van der Waals surface area contributed by atoms with Gasteiger partial charge in [0.25, 0.3) is 0 Å². The van der Waals surface area contributed by atoms with E-state index >= 15 is 0 Å². The van der Waals surface area contributed by atoms with Gasteiger partial charge in [-0.3, -0.25) is 0 Å². The first-order chi connectivity index (χ1) is 9.44. The van der Waals surface area contributed by atoms with Gasteiger partial charge in [-0.05, 0) is 20.8 Å². The van der Waals surface area contributed by atoms with E-state index in [-0.39, 0.29) is 0 Å². The van der Waals surface area contributed by atoms with Crippen LogP contribution in [0.3, 0.4) is 0 Å². The molecule has 5 heteroatoms. The van der Waals surface area contributed by atoms with Crippen LogP contribution in [-0.4, -0.2) is 16.7 Å². The number of carbonyl (C=O) groups excluding carboxylic acids is 1. The van der Waals surface area contributed by atoms with Crippen molar-refractivity contribution in [2.75, 3.05) is 0 Å². The summed E-state index contributed by atoms with van der Waals surface area (Å²) < 4.78 is 5.19. The van der Waals surface area contributed by atoms with Gasteiger partial charge >= 0.3 is 6.09 Å². The molecule has 2 rings (SSSR count). The van der Waals surface area contributed by atoms with Crippen molar-refractivity contribution < 1.29 is 9.53 Å². The van der Waals surface area contributed by atoms with Crippen molar-refractivity contribution in [3.63, 3.8) is 0 Å². The van der Waals surface area contributed by atoms with Crippen LogP contribution in [0.15, 0.2) is 36.5 Å². The van der Waals surface area contributed by atoms with Crippen LogP contribution in [0, 0.1) is 0 Å². The Balaban J connectivity index is 1.92. The molecule has 0 aliphatic rings. The van der Waals surface area contributed by atoms with Crippen LogP contribution in [-0.2, 0) is 11.3 Å². The highest BCUT2D eigenvalue weighted by Gasteiger charge is 2.16. The standard InChI is InChI=1S/C15H18N2O2S/c1-15(2,3)19-14(18)17-10-12-9-16-13(20-12)11-7-5-4-6-8-11/h4-9H,10H2,1-3H3,(H,17,18). The number of nitrogens with one attached hydrogen (secondary N) is 1. The molecule has 0 radical (unpaired) electrons. The topological polar surface area (TPSA) is 51.2 Å². The molecule has 0 saturated heterocycles. The van der Waals surface area contributed by atoms with Crippen molar-refractivity contribution >= 4 is 17.4 Å². The van der Waals surface area contributed by atoms with E-state index in [0.717, 1.165) is 15.4 Å². The first-order valence-corrected chi connectivity index (χ1v) is 7.23. The second kappa shape index (κ2) is 6.05. The number of rotatable bonds is 3. The summed E-state index contributed by atoms with van der Waals surface area (Å²) in [6.07, 6.45) is 1.37. The molecule has 1 aromatic carbocycles. The molecular formula is C15H18N2O2S. The van der Waals surface area contributed by atoms with Gasteiger partial charge in [0.2, 0.25) is 0 Å².